The lowest BCUT2D eigenvalue weighted by Crippen LogP contribution is -2.62. The smallest absolute Gasteiger partial charge is 0.333 e. The first-order valence-corrected chi connectivity index (χ1v) is 19.8. The molecule has 0 spiro atoms. The highest BCUT2D eigenvalue weighted by molar-refractivity contribution is 5.82. The Bertz CT molecular complexity index is 1660. The predicted octanol–water partition coefficient (Wildman–Crippen LogP) is -6.79. The van der Waals surface area contributed by atoms with Gasteiger partial charge in [0.25, 0.3) is 0 Å². The van der Waals surface area contributed by atoms with Gasteiger partial charge in [-0.25, -0.2) is 9.59 Å². The fourth-order valence-electron chi connectivity index (χ4n) is 6.36. The number of rotatable bonds is 18. The van der Waals surface area contributed by atoms with Gasteiger partial charge in [0.05, 0.1) is 26.4 Å². The SMILES string of the molecule is O=C(/C=C/C=C/C=C/C=C/C=C/C=C/C=C/C(=O)O[C@H]1C(O)O[C@H](CO[C@@H]2O[C@H](CO)[C@@H](O)[C@H](O)[C@H]2O)[C@@H](O)[C@@H]1O)O[C@@H]1O[C@H](CO[C@@H]2O[C@H](CO)[C@@H](O)[C@H](O)[C@H]2O)[C@@H](O)[C@H](O)[C@H]1O. The molecule has 14 N–H and O–H groups in total. The molecule has 4 fully saturated rings. The van der Waals surface area contributed by atoms with E-state index in [4.69, 9.17) is 37.9 Å². The molecule has 0 aromatic heterocycles. The summed E-state index contributed by atoms with van der Waals surface area (Å²) in [6.07, 6.45) is -12.4. The first-order chi connectivity index (χ1) is 30.5. The quantitative estimate of drug-likeness (QED) is 0.0345. The van der Waals surface area contributed by atoms with Crippen molar-refractivity contribution in [3.05, 3.63) is 85.1 Å². The summed E-state index contributed by atoms with van der Waals surface area (Å²) in [6, 6.07) is 0. The van der Waals surface area contributed by atoms with E-state index in [1.807, 2.05) is 0 Å². The minimum atomic E-state index is -1.90. The van der Waals surface area contributed by atoms with Crippen LogP contribution in [-0.2, 0) is 47.5 Å². The summed E-state index contributed by atoms with van der Waals surface area (Å²) in [5.74, 6) is -1.96. The van der Waals surface area contributed by atoms with Gasteiger partial charge in [-0.15, -0.1) is 0 Å². The summed E-state index contributed by atoms with van der Waals surface area (Å²) in [7, 11) is 0. The summed E-state index contributed by atoms with van der Waals surface area (Å²) in [4.78, 5) is 24.6. The molecular formula is C40H56O24. The van der Waals surface area contributed by atoms with Crippen LogP contribution in [0.3, 0.4) is 0 Å². The number of hydrogen-bond donors (Lipinski definition) is 14. The maximum absolute atomic E-state index is 12.3. The second kappa shape index (κ2) is 25.9. The predicted molar refractivity (Wildman–Crippen MR) is 209 cm³/mol. The lowest BCUT2D eigenvalue weighted by molar-refractivity contribution is -0.326. The van der Waals surface area contributed by atoms with Crippen LogP contribution in [0.4, 0.5) is 0 Å². The van der Waals surface area contributed by atoms with Gasteiger partial charge in [0, 0.05) is 12.2 Å². The van der Waals surface area contributed by atoms with Gasteiger partial charge < -0.3 is 109 Å². The second-order valence-corrected chi connectivity index (χ2v) is 14.6. The summed E-state index contributed by atoms with van der Waals surface area (Å²) in [5.41, 5.74) is 0. The summed E-state index contributed by atoms with van der Waals surface area (Å²) < 4.78 is 41.8. The van der Waals surface area contributed by atoms with Crippen molar-refractivity contribution in [3.8, 4) is 0 Å². The number of carbonyl (C=O) groups excluding carboxylic acids is 2. The maximum Gasteiger partial charge on any atom is 0.333 e. The van der Waals surface area contributed by atoms with E-state index in [9.17, 15) is 81.1 Å². The lowest BCUT2D eigenvalue weighted by Gasteiger charge is -2.42. The molecule has 4 heterocycles. The fourth-order valence-corrected chi connectivity index (χ4v) is 6.36. The molecule has 0 saturated carbocycles. The van der Waals surface area contributed by atoms with Crippen molar-refractivity contribution in [2.75, 3.05) is 26.4 Å². The Morgan fingerprint density at radius 2 is 0.703 bits per heavy atom. The third kappa shape index (κ3) is 14.4. The van der Waals surface area contributed by atoms with Crippen molar-refractivity contribution in [2.45, 2.75) is 123 Å². The van der Waals surface area contributed by atoms with Crippen LogP contribution in [0.2, 0.25) is 0 Å². The first-order valence-electron chi connectivity index (χ1n) is 19.8. The van der Waals surface area contributed by atoms with Crippen LogP contribution >= 0.6 is 0 Å². The average Bonchev–Trinajstić information content (AvgIpc) is 3.27. The normalized spacial score (nSPS) is 41.4. The summed E-state index contributed by atoms with van der Waals surface area (Å²) in [6.45, 7) is -2.59. The molecule has 4 rings (SSSR count). The van der Waals surface area contributed by atoms with Crippen LogP contribution in [0.25, 0.3) is 0 Å². The van der Waals surface area contributed by atoms with Gasteiger partial charge in [-0.3, -0.25) is 0 Å². The Morgan fingerprint density at radius 3 is 1.12 bits per heavy atom. The monoisotopic (exact) mass is 920 g/mol. The molecule has 24 heteroatoms. The maximum atomic E-state index is 12.3. The first kappa shape index (κ1) is 52.9. The van der Waals surface area contributed by atoms with E-state index >= 15 is 0 Å². The number of aliphatic hydroxyl groups excluding tert-OH is 14. The molecule has 0 bridgehead atoms. The molecule has 64 heavy (non-hydrogen) atoms. The zero-order valence-corrected chi connectivity index (χ0v) is 33.8. The second-order valence-electron chi connectivity index (χ2n) is 14.6. The van der Waals surface area contributed by atoms with Crippen LogP contribution in [0.5, 0.6) is 0 Å². The Kier molecular flexibility index (Phi) is 21.4. The van der Waals surface area contributed by atoms with Gasteiger partial charge >= 0.3 is 11.9 Å². The topological polar surface area (TPSA) is 391 Å². The standard InChI is InChI=1S/C40H56O24/c41-15-19-25(45)29(49)33(53)38(60-19)57-17-21-28(48)32(52)36(37(56)59-21)63-23(43)13-11-9-7-5-3-1-2-4-6-8-10-12-14-24(44)64-40-35(55)31(51)27(47)22(62-40)18-58-39-34(54)30(50)26(46)20(16-42)61-39/h1-14,19-22,25-42,45-56H,15-18H2/b2-1+,5-3+,6-4+,9-7+,10-8+,13-11+,14-12+/t19-,20-,21-,22-,25-,26-,27-,28-,29+,30+,31+,32+,33-,34-,35-,36-,37?,38-,39-,40+/m1/s1. The van der Waals surface area contributed by atoms with Crippen molar-refractivity contribution >= 4 is 11.9 Å². The Morgan fingerprint density at radius 1 is 0.375 bits per heavy atom. The van der Waals surface area contributed by atoms with Crippen LogP contribution in [0.1, 0.15) is 0 Å². The van der Waals surface area contributed by atoms with E-state index in [1.165, 1.54) is 24.3 Å². The molecular weight excluding hydrogens is 864 g/mol. The molecule has 4 aliphatic heterocycles. The molecule has 24 nitrogen and oxygen atoms in total. The zero-order valence-electron chi connectivity index (χ0n) is 33.8. The van der Waals surface area contributed by atoms with Crippen LogP contribution in [0, 0.1) is 0 Å². The highest BCUT2D eigenvalue weighted by Crippen LogP contribution is 2.28. The number of esters is 2. The molecule has 20 atom stereocenters. The lowest BCUT2D eigenvalue weighted by atomic mass is 9.98. The van der Waals surface area contributed by atoms with E-state index in [-0.39, 0.29) is 0 Å². The third-order valence-corrected chi connectivity index (χ3v) is 10.0. The molecule has 4 aliphatic rings. The Hall–Kier alpha value is -3.68. The van der Waals surface area contributed by atoms with E-state index in [2.05, 4.69) is 0 Å². The molecule has 0 amide bonds. The average molecular weight is 921 g/mol. The number of ether oxygens (including phenoxy) is 8. The number of allylic oxidation sites excluding steroid dienone is 12. The molecule has 360 valence electrons. The van der Waals surface area contributed by atoms with Crippen molar-refractivity contribution in [3.63, 3.8) is 0 Å². The highest BCUT2D eigenvalue weighted by Gasteiger charge is 2.50. The summed E-state index contributed by atoms with van der Waals surface area (Å²) >= 11 is 0. The minimum absolute atomic E-state index is 0.587. The van der Waals surface area contributed by atoms with Gasteiger partial charge in [-0.2, -0.15) is 0 Å². The summed E-state index contributed by atoms with van der Waals surface area (Å²) in [5, 5.41) is 141. The van der Waals surface area contributed by atoms with E-state index in [0.29, 0.717) is 0 Å². The number of carbonyl (C=O) groups is 2. The minimum Gasteiger partial charge on any atom is -0.451 e. The molecule has 1 unspecified atom stereocenters. The van der Waals surface area contributed by atoms with E-state index in [1.54, 1.807) is 48.6 Å². The molecule has 0 aromatic carbocycles. The molecule has 0 aromatic rings. The van der Waals surface area contributed by atoms with Gasteiger partial charge in [0.15, 0.2) is 25.0 Å². The van der Waals surface area contributed by atoms with E-state index in [0.717, 1.165) is 12.2 Å². The molecule has 0 aliphatic carbocycles. The fraction of sp³-hybridized carbons (Fsp3) is 0.600. The van der Waals surface area contributed by atoms with Crippen molar-refractivity contribution < 1.29 is 119 Å². The van der Waals surface area contributed by atoms with Crippen LogP contribution in [-0.4, -0.2) is 233 Å². The van der Waals surface area contributed by atoms with Crippen LogP contribution in [0.15, 0.2) is 85.1 Å². The Balaban J connectivity index is 1.12. The number of hydrogen-bond acceptors (Lipinski definition) is 24. The van der Waals surface area contributed by atoms with Crippen molar-refractivity contribution in [1.29, 1.82) is 0 Å². The highest BCUT2D eigenvalue weighted by atomic mass is 16.7. The van der Waals surface area contributed by atoms with Crippen molar-refractivity contribution in [1.82, 2.24) is 0 Å². The zero-order chi connectivity index (χ0) is 47.1. The van der Waals surface area contributed by atoms with Crippen molar-refractivity contribution in [2.24, 2.45) is 0 Å². The Labute approximate surface area is 364 Å². The van der Waals surface area contributed by atoms with E-state index < -0.39 is 161 Å². The van der Waals surface area contributed by atoms with Gasteiger partial charge in [-0.05, 0) is 0 Å². The largest absolute Gasteiger partial charge is 0.451 e. The van der Waals surface area contributed by atoms with Gasteiger partial charge in [0.2, 0.25) is 6.29 Å². The number of aliphatic hydroxyl groups is 14. The van der Waals surface area contributed by atoms with Gasteiger partial charge in [0.1, 0.15) is 91.6 Å². The molecule has 0 radical (unpaired) electrons. The van der Waals surface area contributed by atoms with Crippen LogP contribution < -0.4 is 0 Å². The molecule has 4 saturated heterocycles. The third-order valence-electron chi connectivity index (χ3n) is 10.0. The van der Waals surface area contributed by atoms with Gasteiger partial charge in [-0.1, -0.05) is 72.9 Å².